The highest BCUT2D eigenvalue weighted by molar-refractivity contribution is 7.12. The molecule has 2 N–H and O–H groups in total. The molecule has 0 aliphatic heterocycles. The zero-order chi connectivity index (χ0) is 15.2. The van der Waals surface area contributed by atoms with Gasteiger partial charge in [0.25, 0.3) is 5.91 Å². The largest absolute Gasteiger partial charge is 0.496 e. The Morgan fingerprint density at radius 1 is 1.33 bits per heavy atom. The molecule has 21 heavy (non-hydrogen) atoms. The lowest BCUT2D eigenvalue weighted by Gasteiger charge is -2.10. The van der Waals surface area contributed by atoms with E-state index in [4.69, 9.17) is 14.6 Å². The lowest BCUT2D eigenvalue weighted by molar-refractivity contribution is -0.139. The number of benzene rings is 1. The monoisotopic (exact) mass is 307 g/mol. The molecule has 0 saturated carbocycles. The van der Waals surface area contributed by atoms with Gasteiger partial charge in [-0.05, 0) is 12.1 Å². The van der Waals surface area contributed by atoms with Gasteiger partial charge in [-0.2, -0.15) is 0 Å². The van der Waals surface area contributed by atoms with Crippen LogP contribution in [0.2, 0.25) is 0 Å². The molecule has 0 aliphatic rings. The summed E-state index contributed by atoms with van der Waals surface area (Å²) in [5, 5.41) is 13.0. The molecule has 110 valence electrons. The van der Waals surface area contributed by atoms with E-state index in [1.807, 2.05) is 0 Å². The van der Waals surface area contributed by atoms with E-state index < -0.39 is 12.6 Å². The smallest absolute Gasteiger partial charge is 0.341 e. The molecule has 1 heterocycles. The number of carbonyl (C=O) groups is 2. The number of methoxy groups -OCH3 is 1. The molecule has 7 heteroatoms. The van der Waals surface area contributed by atoms with Crippen molar-refractivity contribution in [3.8, 4) is 11.5 Å². The standard InChI is InChI=1S/C14H13NO5S/c1-19-9-6-12(21-8-9)14(18)15-10-4-2-3-5-11(10)20-7-13(16)17/h2-6,8H,7H2,1H3,(H,15,18)(H,16,17). The highest BCUT2D eigenvalue weighted by Gasteiger charge is 2.13. The Morgan fingerprint density at radius 3 is 2.76 bits per heavy atom. The second kappa shape index (κ2) is 6.76. The quantitative estimate of drug-likeness (QED) is 0.856. The fraction of sp³-hybridized carbons (Fsp3) is 0.143. The fourth-order valence-corrected chi connectivity index (χ4v) is 2.31. The van der Waals surface area contributed by atoms with E-state index in [0.29, 0.717) is 22.1 Å². The molecule has 2 rings (SSSR count). The summed E-state index contributed by atoms with van der Waals surface area (Å²) in [7, 11) is 1.53. The first kappa shape index (κ1) is 14.9. The lowest BCUT2D eigenvalue weighted by Crippen LogP contribution is -2.14. The Kier molecular flexibility index (Phi) is 4.78. The number of carboxylic acids is 1. The Bertz CT molecular complexity index is 652. The molecule has 0 radical (unpaired) electrons. The summed E-state index contributed by atoms with van der Waals surface area (Å²) in [6, 6.07) is 8.27. The number of para-hydroxylation sites is 2. The molecule has 0 aliphatic carbocycles. The van der Waals surface area contributed by atoms with Crippen molar-refractivity contribution in [3.63, 3.8) is 0 Å². The molecule has 0 atom stereocenters. The Balaban J connectivity index is 2.11. The van der Waals surface area contributed by atoms with Gasteiger partial charge in [-0.3, -0.25) is 4.79 Å². The molecule has 1 aromatic carbocycles. The minimum Gasteiger partial charge on any atom is -0.496 e. The first-order valence-electron chi connectivity index (χ1n) is 5.97. The van der Waals surface area contributed by atoms with E-state index in [1.54, 1.807) is 35.7 Å². The molecule has 0 spiro atoms. The van der Waals surface area contributed by atoms with Crippen LogP contribution in [0.5, 0.6) is 11.5 Å². The van der Waals surface area contributed by atoms with E-state index in [-0.39, 0.29) is 5.91 Å². The van der Waals surface area contributed by atoms with Gasteiger partial charge in [-0.1, -0.05) is 12.1 Å². The number of rotatable bonds is 6. The first-order chi connectivity index (χ1) is 10.1. The van der Waals surface area contributed by atoms with Crippen LogP contribution < -0.4 is 14.8 Å². The lowest BCUT2D eigenvalue weighted by atomic mass is 10.3. The Labute approximate surface area is 124 Å². The molecule has 6 nitrogen and oxygen atoms in total. The van der Waals surface area contributed by atoms with Crippen molar-refractivity contribution in [1.29, 1.82) is 0 Å². The fourth-order valence-electron chi connectivity index (χ4n) is 1.56. The molecular formula is C14H13NO5S. The third-order valence-electron chi connectivity index (χ3n) is 2.52. The summed E-state index contributed by atoms with van der Waals surface area (Å²) in [5.74, 6) is -0.480. The van der Waals surface area contributed by atoms with Crippen LogP contribution in [0.25, 0.3) is 0 Å². The van der Waals surface area contributed by atoms with Crippen molar-refractivity contribution in [2.24, 2.45) is 0 Å². The maximum Gasteiger partial charge on any atom is 0.341 e. The molecule has 1 amide bonds. The predicted molar refractivity (Wildman–Crippen MR) is 78.4 cm³/mol. The maximum absolute atomic E-state index is 12.1. The minimum atomic E-state index is -1.08. The van der Waals surface area contributed by atoms with Crippen molar-refractivity contribution in [1.82, 2.24) is 0 Å². The van der Waals surface area contributed by atoms with Crippen LogP contribution in [0.3, 0.4) is 0 Å². The van der Waals surface area contributed by atoms with Gasteiger partial charge >= 0.3 is 5.97 Å². The molecule has 0 unspecified atom stereocenters. The normalized spacial score (nSPS) is 9.95. The summed E-state index contributed by atoms with van der Waals surface area (Å²) in [4.78, 5) is 23.1. The van der Waals surface area contributed by atoms with Gasteiger partial charge in [0.2, 0.25) is 0 Å². The molecule has 1 aromatic heterocycles. The van der Waals surface area contributed by atoms with Crippen molar-refractivity contribution in [3.05, 3.63) is 40.6 Å². The van der Waals surface area contributed by atoms with Gasteiger partial charge in [0.05, 0.1) is 17.7 Å². The van der Waals surface area contributed by atoms with Gasteiger partial charge in [-0.25, -0.2) is 4.79 Å². The number of thiophene rings is 1. The molecular weight excluding hydrogens is 294 g/mol. The Morgan fingerprint density at radius 2 is 2.10 bits per heavy atom. The summed E-state index contributed by atoms with van der Waals surface area (Å²) in [6.45, 7) is -0.473. The molecule has 2 aromatic rings. The van der Waals surface area contributed by atoms with E-state index >= 15 is 0 Å². The number of carboxylic acid groups (broad SMARTS) is 1. The predicted octanol–water partition coefficient (Wildman–Crippen LogP) is 2.47. The zero-order valence-corrected chi connectivity index (χ0v) is 12.0. The molecule has 0 saturated heterocycles. The van der Waals surface area contributed by atoms with Gasteiger partial charge < -0.3 is 19.9 Å². The minimum absolute atomic E-state index is 0.303. The number of hydrogen-bond acceptors (Lipinski definition) is 5. The maximum atomic E-state index is 12.1. The highest BCUT2D eigenvalue weighted by Crippen LogP contribution is 2.26. The van der Waals surface area contributed by atoms with Gasteiger partial charge in [0, 0.05) is 11.4 Å². The van der Waals surface area contributed by atoms with Crippen molar-refractivity contribution >= 4 is 28.9 Å². The van der Waals surface area contributed by atoms with Crippen LogP contribution in [0, 0.1) is 0 Å². The van der Waals surface area contributed by atoms with Crippen molar-refractivity contribution < 1.29 is 24.2 Å². The average molecular weight is 307 g/mol. The van der Waals surface area contributed by atoms with Crippen LogP contribution >= 0.6 is 11.3 Å². The van der Waals surface area contributed by atoms with Gasteiger partial charge in [0.1, 0.15) is 11.5 Å². The topological polar surface area (TPSA) is 84.9 Å². The van der Waals surface area contributed by atoms with Crippen molar-refractivity contribution in [2.75, 3.05) is 19.0 Å². The van der Waals surface area contributed by atoms with Gasteiger partial charge in [0.15, 0.2) is 6.61 Å². The second-order valence-electron chi connectivity index (χ2n) is 3.98. The van der Waals surface area contributed by atoms with E-state index in [0.717, 1.165) is 0 Å². The number of nitrogens with one attached hydrogen (secondary N) is 1. The SMILES string of the molecule is COc1csc(C(=O)Nc2ccccc2OCC(=O)O)c1. The van der Waals surface area contributed by atoms with E-state index in [1.165, 1.54) is 18.4 Å². The van der Waals surface area contributed by atoms with Crippen LogP contribution in [0.1, 0.15) is 9.67 Å². The Hall–Kier alpha value is -2.54. The number of carbonyl (C=O) groups excluding carboxylic acids is 1. The van der Waals surface area contributed by atoms with Crippen LogP contribution in [-0.2, 0) is 4.79 Å². The zero-order valence-electron chi connectivity index (χ0n) is 11.2. The number of amides is 1. The summed E-state index contributed by atoms with van der Waals surface area (Å²) in [6.07, 6.45) is 0. The number of ether oxygens (including phenoxy) is 2. The summed E-state index contributed by atoms with van der Waals surface area (Å²) in [5.41, 5.74) is 0.413. The van der Waals surface area contributed by atoms with Gasteiger partial charge in [-0.15, -0.1) is 11.3 Å². The van der Waals surface area contributed by atoms with E-state index in [9.17, 15) is 9.59 Å². The summed E-state index contributed by atoms with van der Waals surface area (Å²) >= 11 is 1.25. The van der Waals surface area contributed by atoms with Crippen LogP contribution in [0.4, 0.5) is 5.69 Å². The third-order valence-corrected chi connectivity index (χ3v) is 3.43. The summed E-state index contributed by atoms with van der Waals surface area (Å²) < 4.78 is 10.2. The van der Waals surface area contributed by atoms with E-state index in [2.05, 4.69) is 5.32 Å². The van der Waals surface area contributed by atoms with Crippen molar-refractivity contribution in [2.45, 2.75) is 0 Å². The van der Waals surface area contributed by atoms with Crippen LogP contribution in [-0.4, -0.2) is 30.7 Å². The number of aliphatic carboxylic acids is 1. The third kappa shape index (κ3) is 3.96. The first-order valence-corrected chi connectivity index (χ1v) is 6.85. The second-order valence-corrected chi connectivity index (χ2v) is 4.89. The number of hydrogen-bond donors (Lipinski definition) is 2. The average Bonchev–Trinajstić information content (AvgIpc) is 2.95. The number of anilines is 1. The van der Waals surface area contributed by atoms with Crippen LogP contribution in [0.15, 0.2) is 35.7 Å². The molecule has 0 bridgehead atoms. The molecule has 0 fully saturated rings. The highest BCUT2D eigenvalue weighted by atomic mass is 32.1.